The smallest absolute Gasteiger partial charge is 0.129 e. The number of hydrogen-bond acceptors (Lipinski definition) is 3. The van der Waals surface area contributed by atoms with Crippen LogP contribution in [0.5, 0.6) is 0 Å². The van der Waals surface area contributed by atoms with Crippen LogP contribution in [0, 0.1) is 19.7 Å². The maximum Gasteiger partial charge on any atom is 0.129 e. The van der Waals surface area contributed by atoms with Crippen LogP contribution >= 0.6 is 0 Å². The molecule has 0 bridgehead atoms. The number of aliphatic hydroxyl groups is 1. The predicted molar refractivity (Wildman–Crippen MR) is 79.3 cm³/mol. The zero-order valence-corrected chi connectivity index (χ0v) is 12.5. The standard InChI is InChI=1S/C16H25FN2O/c1-12-7-14(8-13(2)16(12)17)9-18-10-15(20)11-19-5-3-4-6-19/h7-8,15,18,20H,3-6,9-11H2,1-2H3. The van der Waals surface area contributed by atoms with Crippen LogP contribution in [-0.2, 0) is 6.54 Å². The number of likely N-dealkylation sites (tertiary alicyclic amines) is 1. The van der Waals surface area contributed by atoms with Crippen molar-refractivity contribution in [3.05, 3.63) is 34.6 Å². The van der Waals surface area contributed by atoms with Crippen LogP contribution < -0.4 is 5.32 Å². The molecule has 0 aromatic heterocycles. The number of nitrogens with zero attached hydrogens (tertiary/aromatic N) is 1. The van der Waals surface area contributed by atoms with E-state index in [0.29, 0.717) is 24.2 Å². The van der Waals surface area contributed by atoms with Crippen molar-refractivity contribution in [2.45, 2.75) is 39.3 Å². The van der Waals surface area contributed by atoms with Gasteiger partial charge in [0.25, 0.3) is 0 Å². The van der Waals surface area contributed by atoms with Gasteiger partial charge in [-0.1, -0.05) is 12.1 Å². The van der Waals surface area contributed by atoms with Gasteiger partial charge in [-0.25, -0.2) is 4.39 Å². The summed E-state index contributed by atoms with van der Waals surface area (Å²) < 4.78 is 13.5. The summed E-state index contributed by atoms with van der Waals surface area (Å²) in [5.74, 6) is -0.122. The minimum atomic E-state index is -0.337. The number of nitrogens with one attached hydrogen (secondary N) is 1. The molecule has 1 heterocycles. The molecule has 3 nitrogen and oxygen atoms in total. The Morgan fingerprint density at radius 2 is 1.85 bits per heavy atom. The summed E-state index contributed by atoms with van der Waals surface area (Å²) in [6.07, 6.45) is 2.15. The molecule has 1 fully saturated rings. The molecule has 4 heteroatoms. The van der Waals surface area contributed by atoms with E-state index in [0.717, 1.165) is 25.2 Å². The third-order valence-corrected chi connectivity index (χ3v) is 3.87. The van der Waals surface area contributed by atoms with E-state index in [1.54, 1.807) is 13.8 Å². The predicted octanol–water partition coefficient (Wildman–Crippen LogP) is 1.99. The van der Waals surface area contributed by atoms with Crippen LogP contribution in [0.1, 0.15) is 29.5 Å². The van der Waals surface area contributed by atoms with E-state index in [1.807, 2.05) is 12.1 Å². The summed E-state index contributed by atoms with van der Waals surface area (Å²) >= 11 is 0. The number of benzene rings is 1. The second-order valence-electron chi connectivity index (χ2n) is 5.84. The topological polar surface area (TPSA) is 35.5 Å². The first kappa shape index (κ1) is 15.4. The Morgan fingerprint density at radius 3 is 2.45 bits per heavy atom. The first-order valence-electron chi connectivity index (χ1n) is 7.43. The largest absolute Gasteiger partial charge is 0.390 e. The SMILES string of the molecule is Cc1cc(CNCC(O)CN2CCCC2)cc(C)c1F. The summed E-state index contributed by atoms with van der Waals surface area (Å²) in [7, 11) is 0. The molecule has 1 atom stereocenters. The van der Waals surface area contributed by atoms with Gasteiger partial charge in [-0.2, -0.15) is 0 Å². The van der Waals surface area contributed by atoms with Crippen LogP contribution in [0.4, 0.5) is 4.39 Å². The third-order valence-electron chi connectivity index (χ3n) is 3.87. The summed E-state index contributed by atoms with van der Waals surface area (Å²) in [4.78, 5) is 2.30. The van der Waals surface area contributed by atoms with Crippen molar-refractivity contribution in [3.8, 4) is 0 Å². The fourth-order valence-electron chi connectivity index (χ4n) is 2.85. The lowest BCUT2D eigenvalue weighted by Gasteiger charge is -2.19. The molecule has 20 heavy (non-hydrogen) atoms. The molecule has 2 N–H and O–H groups in total. The fraction of sp³-hybridized carbons (Fsp3) is 0.625. The molecular formula is C16H25FN2O. The Balaban J connectivity index is 1.74. The van der Waals surface area contributed by atoms with E-state index in [4.69, 9.17) is 0 Å². The number of aliphatic hydroxyl groups excluding tert-OH is 1. The van der Waals surface area contributed by atoms with Crippen LogP contribution in [0.25, 0.3) is 0 Å². The van der Waals surface area contributed by atoms with Crippen molar-refractivity contribution >= 4 is 0 Å². The lowest BCUT2D eigenvalue weighted by atomic mass is 10.1. The Bertz CT molecular complexity index is 421. The molecule has 1 aromatic carbocycles. The van der Waals surface area contributed by atoms with E-state index in [1.165, 1.54) is 12.8 Å². The maximum atomic E-state index is 13.5. The van der Waals surface area contributed by atoms with E-state index < -0.39 is 0 Å². The van der Waals surface area contributed by atoms with Crippen molar-refractivity contribution in [1.82, 2.24) is 10.2 Å². The molecule has 1 saturated heterocycles. The number of aryl methyl sites for hydroxylation is 2. The van der Waals surface area contributed by atoms with Gasteiger partial charge >= 0.3 is 0 Å². The van der Waals surface area contributed by atoms with Crippen LogP contribution in [0.3, 0.4) is 0 Å². The molecular weight excluding hydrogens is 255 g/mol. The first-order valence-corrected chi connectivity index (χ1v) is 7.43. The molecule has 0 spiro atoms. The first-order chi connectivity index (χ1) is 9.56. The normalized spacial score (nSPS) is 17.6. The minimum Gasteiger partial charge on any atom is -0.390 e. The molecule has 0 saturated carbocycles. The average Bonchev–Trinajstić information content (AvgIpc) is 2.88. The second-order valence-corrected chi connectivity index (χ2v) is 5.84. The van der Waals surface area contributed by atoms with Crippen molar-refractivity contribution < 1.29 is 9.50 Å². The van der Waals surface area contributed by atoms with Crippen LogP contribution in [0.15, 0.2) is 12.1 Å². The van der Waals surface area contributed by atoms with Gasteiger partial charge in [0.05, 0.1) is 6.10 Å². The summed E-state index contributed by atoms with van der Waals surface area (Å²) in [6.45, 7) is 7.77. The molecule has 0 radical (unpaired) electrons. The molecule has 1 aliphatic heterocycles. The highest BCUT2D eigenvalue weighted by molar-refractivity contribution is 5.30. The third kappa shape index (κ3) is 4.27. The zero-order valence-electron chi connectivity index (χ0n) is 12.5. The van der Waals surface area contributed by atoms with E-state index in [9.17, 15) is 9.50 Å². The van der Waals surface area contributed by atoms with Gasteiger partial charge in [0.15, 0.2) is 0 Å². The number of hydrogen-bond donors (Lipinski definition) is 2. The Labute approximate surface area is 120 Å². The van der Waals surface area contributed by atoms with Gasteiger partial charge in [-0.3, -0.25) is 0 Å². The highest BCUT2D eigenvalue weighted by Gasteiger charge is 2.15. The Morgan fingerprint density at radius 1 is 1.25 bits per heavy atom. The molecule has 2 rings (SSSR count). The minimum absolute atomic E-state index is 0.122. The molecule has 1 aromatic rings. The molecule has 0 aliphatic carbocycles. The zero-order chi connectivity index (χ0) is 14.5. The van der Waals surface area contributed by atoms with Crippen LogP contribution in [0.2, 0.25) is 0 Å². The van der Waals surface area contributed by atoms with Crippen molar-refractivity contribution in [3.63, 3.8) is 0 Å². The molecule has 0 amide bonds. The Kier molecular flexibility index (Phi) is 5.52. The summed E-state index contributed by atoms with van der Waals surface area (Å²) in [5.41, 5.74) is 2.42. The van der Waals surface area contributed by atoms with Crippen molar-refractivity contribution in [2.75, 3.05) is 26.2 Å². The number of halogens is 1. The van der Waals surface area contributed by atoms with Crippen molar-refractivity contribution in [1.29, 1.82) is 0 Å². The highest BCUT2D eigenvalue weighted by Crippen LogP contribution is 2.14. The maximum absolute atomic E-state index is 13.5. The summed E-state index contributed by atoms with van der Waals surface area (Å²) in [5, 5.41) is 13.2. The monoisotopic (exact) mass is 280 g/mol. The van der Waals surface area contributed by atoms with Gasteiger partial charge in [-0.05, 0) is 56.5 Å². The number of β-amino-alcohol motifs (C(OH)–C–C–N with tert-alkyl or cyclic N) is 1. The molecule has 1 unspecified atom stereocenters. The molecule has 1 aliphatic rings. The lowest BCUT2D eigenvalue weighted by molar-refractivity contribution is 0.123. The van der Waals surface area contributed by atoms with Gasteiger partial charge in [0.1, 0.15) is 5.82 Å². The van der Waals surface area contributed by atoms with E-state index in [2.05, 4.69) is 10.2 Å². The van der Waals surface area contributed by atoms with E-state index >= 15 is 0 Å². The van der Waals surface area contributed by atoms with Gasteiger partial charge in [-0.15, -0.1) is 0 Å². The van der Waals surface area contributed by atoms with Gasteiger partial charge in [0, 0.05) is 19.6 Å². The fourth-order valence-corrected chi connectivity index (χ4v) is 2.85. The second kappa shape index (κ2) is 7.16. The van der Waals surface area contributed by atoms with Crippen molar-refractivity contribution in [2.24, 2.45) is 0 Å². The highest BCUT2D eigenvalue weighted by atomic mass is 19.1. The average molecular weight is 280 g/mol. The van der Waals surface area contributed by atoms with Crippen LogP contribution in [-0.4, -0.2) is 42.3 Å². The lowest BCUT2D eigenvalue weighted by Crippen LogP contribution is -2.36. The van der Waals surface area contributed by atoms with E-state index in [-0.39, 0.29) is 11.9 Å². The van der Waals surface area contributed by atoms with Gasteiger partial charge < -0.3 is 15.3 Å². The van der Waals surface area contributed by atoms with Gasteiger partial charge in [0.2, 0.25) is 0 Å². The molecule has 112 valence electrons. The number of rotatable bonds is 6. The summed E-state index contributed by atoms with van der Waals surface area (Å²) in [6, 6.07) is 3.73. The Hall–Kier alpha value is -0.970. The quantitative estimate of drug-likeness (QED) is 0.836.